The highest BCUT2D eigenvalue weighted by atomic mass is 32.2. The van der Waals surface area contributed by atoms with Crippen molar-refractivity contribution >= 4 is 11.8 Å². The van der Waals surface area contributed by atoms with Gasteiger partial charge in [0.25, 0.3) is 0 Å². The van der Waals surface area contributed by atoms with Gasteiger partial charge in [-0.15, -0.1) is 0 Å². The van der Waals surface area contributed by atoms with Gasteiger partial charge in [-0.1, -0.05) is 0 Å². The Hall–Kier alpha value is 0.270. The smallest absolute Gasteiger partial charge is 0.0607 e. The van der Waals surface area contributed by atoms with Gasteiger partial charge in [-0.05, 0) is 44.0 Å². The molecule has 1 unspecified atom stereocenters. The molecule has 0 spiro atoms. The maximum absolute atomic E-state index is 5.14. The van der Waals surface area contributed by atoms with Crippen LogP contribution in [0.5, 0.6) is 0 Å². The second-order valence-electron chi connectivity index (χ2n) is 4.03. The lowest BCUT2D eigenvalue weighted by Gasteiger charge is -2.27. The lowest BCUT2D eigenvalue weighted by molar-refractivity contribution is 0.0455. The Bertz CT molecular complexity index is 144. The minimum atomic E-state index is 0.816. The van der Waals surface area contributed by atoms with E-state index >= 15 is 0 Å². The molecule has 2 aliphatic rings. The van der Waals surface area contributed by atoms with Gasteiger partial charge in [0.2, 0.25) is 0 Å². The van der Waals surface area contributed by atoms with Crippen LogP contribution in [0.3, 0.4) is 0 Å². The van der Waals surface area contributed by atoms with Gasteiger partial charge in [-0.25, -0.2) is 0 Å². The van der Waals surface area contributed by atoms with Crippen molar-refractivity contribution in [2.24, 2.45) is 5.92 Å². The van der Waals surface area contributed by atoms with E-state index in [0.29, 0.717) is 0 Å². The van der Waals surface area contributed by atoms with Gasteiger partial charge in [0.15, 0.2) is 0 Å². The summed E-state index contributed by atoms with van der Waals surface area (Å²) < 4.78 is 5.14. The van der Waals surface area contributed by atoms with E-state index in [2.05, 4.69) is 17.1 Å². The molecule has 1 N–H and O–H groups in total. The summed E-state index contributed by atoms with van der Waals surface area (Å²) in [5.41, 5.74) is 0. The van der Waals surface area contributed by atoms with Crippen LogP contribution < -0.4 is 5.32 Å². The number of ether oxygens (including phenoxy) is 1. The van der Waals surface area contributed by atoms with Crippen molar-refractivity contribution in [3.05, 3.63) is 0 Å². The number of hydrogen-bond acceptors (Lipinski definition) is 3. The van der Waals surface area contributed by atoms with E-state index in [1.807, 2.05) is 0 Å². The fourth-order valence-corrected chi connectivity index (χ4v) is 3.07. The minimum absolute atomic E-state index is 0.816. The molecular weight excluding hydrogens is 182 g/mol. The average molecular weight is 201 g/mol. The molecule has 13 heavy (non-hydrogen) atoms. The van der Waals surface area contributed by atoms with Crippen LogP contribution in [0, 0.1) is 5.92 Å². The third kappa shape index (κ3) is 3.15. The molecule has 2 rings (SSSR count). The SMILES string of the molecule is C1CNCC(CCSC2COC2)C1. The molecule has 2 heterocycles. The van der Waals surface area contributed by atoms with Gasteiger partial charge >= 0.3 is 0 Å². The quantitative estimate of drug-likeness (QED) is 0.745. The third-order valence-corrected chi connectivity index (χ3v) is 4.10. The molecule has 2 aliphatic heterocycles. The van der Waals surface area contributed by atoms with Crippen molar-refractivity contribution < 1.29 is 4.74 Å². The number of rotatable bonds is 4. The largest absolute Gasteiger partial charge is 0.379 e. The zero-order valence-electron chi connectivity index (χ0n) is 8.13. The van der Waals surface area contributed by atoms with E-state index in [0.717, 1.165) is 24.4 Å². The first-order valence-electron chi connectivity index (χ1n) is 5.35. The van der Waals surface area contributed by atoms with Crippen LogP contribution in [0.1, 0.15) is 19.3 Å². The Balaban J connectivity index is 1.50. The first-order chi connectivity index (χ1) is 6.45. The molecule has 0 aromatic rings. The molecule has 0 aliphatic carbocycles. The Morgan fingerprint density at radius 3 is 2.92 bits per heavy atom. The minimum Gasteiger partial charge on any atom is -0.379 e. The van der Waals surface area contributed by atoms with Gasteiger partial charge in [-0.3, -0.25) is 0 Å². The number of hydrogen-bond donors (Lipinski definition) is 1. The Kier molecular flexibility index (Phi) is 3.94. The summed E-state index contributed by atoms with van der Waals surface area (Å²) in [5, 5.41) is 4.28. The first kappa shape index (κ1) is 9.81. The Labute approximate surface area is 84.8 Å². The summed E-state index contributed by atoms with van der Waals surface area (Å²) in [6, 6.07) is 0. The van der Waals surface area contributed by atoms with Crippen LogP contribution in [0.25, 0.3) is 0 Å². The lowest BCUT2D eigenvalue weighted by Crippen LogP contribution is -2.32. The lowest BCUT2D eigenvalue weighted by atomic mass is 9.97. The van der Waals surface area contributed by atoms with E-state index in [9.17, 15) is 0 Å². The molecule has 3 heteroatoms. The molecule has 0 radical (unpaired) electrons. The van der Waals surface area contributed by atoms with Gasteiger partial charge in [0.1, 0.15) is 0 Å². The van der Waals surface area contributed by atoms with Crippen LogP contribution in [-0.2, 0) is 4.74 Å². The molecule has 0 saturated carbocycles. The zero-order chi connectivity index (χ0) is 8.93. The van der Waals surface area contributed by atoms with Gasteiger partial charge < -0.3 is 10.1 Å². The second kappa shape index (κ2) is 5.23. The predicted octanol–water partition coefficient (Wildman–Crippen LogP) is 1.51. The van der Waals surface area contributed by atoms with E-state index in [4.69, 9.17) is 4.74 Å². The van der Waals surface area contributed by atoms with Crippen molar-refractivity contribution in [1.29, 1.82) is 0 Å². The van der Waals surface area contributed by atoms with Crippen LogP contribution >= 0.6 is 11.8 Å². The molecule has 2 saturated heterocycles. The van der Waals surface area contributed by atoms with Crippen molar-refractivity contribution in [3.63, 3.8) is 0 Å². The van der Waals surface area contributed by atoms with Gasteiger partial charge in [0, 0.05) is 0 Å². The summed E-state index contributed by atoms with van der Waals surface area (Å²) in [4.78, 5) is 0. The number of piperidine rings is 1. The van der Waals surface area contributed by atoms with Crippen molar-refractivity contribution in [3.8, 4) is 0 Å². The highest BCUT2D eigenvalue weighted by molar-refractivity contribution is 8.00. The second-order valence-corrected chi connectivity index (χ2v) is 5.44. The summed E-state index contributed by atoms with van der Waals surface area (Å²) in [5.74, 6) is 2.28. The van der Waals surface area contributed by atoms with Crippen molar-refractivity contribution in [1.82, 2.24) is 5.32 Å². The van der Waals surface area contributed by atoms with Crippen LogP contribution in [0.2, 0.25) is 0 Å². The molecule has 0 aromatic heterocycles. The normalized spacial score (nSPS) is 30.0. The topological polar surface area (TPSA) is 21.3 Å². The molecule has 0 amide bonds. The number of thioether (sulfide) groups is 1. The van der Waals surface area contributed by atoms with Crippen molar-refractivity contribution in [2.45, 2.75) is 24.5 Å². The molecule has 76 valence electrons. The van der Waals surface area contributed by atoms with Crippen LogP contribution in [0.15, 0.2) is 0 Å². The summed E-state index contributed by atoms with van der Waals surface area (Å²) >= 11 is 2.10. The molecular formula is C10H19NOS. The van der Waals surface area contributed by atoms with Gasteiger partial charge in [0.05, 0.1) is 18.5 Å². The van der Waals surface area contributed by atoms with E-state index in [-0.39, 0.29) is 0 Å². The number of nitrogens with one attached hydrogen (secondary N) is 1. The monoisotopic (exact) mass is 201 g/mol. The van der Waals surface area contributed by atoms with Gasteiger partial charge in [-0.2, -0.15) is 11.8 Å². The standard InChI is InChI=1S/C10H19NOS/c1-2-9(6-11-4-1)3-5-13-10-7-12-8-10/h9-11H,1-8H2. The Morgan fingerprint density at radius 1 is 1.38 bits per heavy atom. The molecule has 0 aromatic carbocycles. The van der Waals surface area contributed by atoms with Crippen LogP contribution in [-0.4, -0.2) is 37.3 Å². The third-order valence-electron chi connectivity index (χ3n) is 2.89. The Morgan fingerprint density at radius 2 is 2.31 bits per heavy atom. The fraction of sp³-hybridized carbons (Fsp3) is 1.00. The van der Waals surface area contributed by atoms with E-state index < -0.39 is 0 Å². The summed E-state index contributed by atoms with van der Waals surface area (Å²) in [7, 11) is 0. The molecule has 1 atom stereocenters. The maximum atomic E-state index is 5.14. The fourth-order valence-electron chi connectivity index (χ4n) is 1.88. The predicted molar refractivity (Wildman–Crippen MR) is 57.3 cm³/mol. The highest BCUT2D eigenvalue weighted by Crippen LogP contribution is 2.23. The van der Waals surface area contributed by atoms with E-state index in [1.165, 1.54) is 38.1 Å². The average Bonchev–Trinajstić information content (AvgIpc) is 2.11. The zero-order valence-corrected chi connectivity index (χ0v) is 8.94. The molecule has 2 nitrogen and oxygen atoms in total. The summed E-state index contributed by atoms with van der Waals surface area (Å²) in [6.07, 6.45) is 4.21. The molecule has 2 fully saturated rings. The first-order valence-corrected chi connectivity index (χ1v) is 6.40. The summed E-state index contributed by atoms with van der Waals surface area (Å²) in [6.45, 7) is 4.48. The molecule has 0 bridgehead atoms. The van der Waals surface area contributed by atoms with Crippen molar-refractivity contribution in [2.75, 3.05) is 32.1 Å². The van der Waals surface area contributed by atoms with E-state index in [1.54, 1.807) is 0 Å². The highest BCUT2D eigenvalue weighted by Gasteiger charge is 2.19. The van der Waals surface area contributed by atoms with Crippen LogP contribution in [0.4, 0.5) is 0 Å². The maximum Gasteiger partial charge on any atom is 0.0607 e.